The lowest BCUT2D eigenvalue weighted by Crippen LogP contribution is -2.38. The Kier molecular flexibility index (Phi) is 4.64. The first kappa shape index (κ1) is 19.9. The van der Waals surface area contributed by atoms with Gasteiger partial charge in [-0.25, -0.2) is 13.8 Å². The van der Waals surface area contributed by atoms with Gasteiger partial charge in [0.15, 0.2) is 17.5 Å². The number of hydrogen-bond acceptors (Lipinski definition) is 7. The molecule has 33 heavy (non-hydrogen) atoms. The second-order valence-corrected chi connectivity index (χ2v) is 8.62. The van der Waals surface area contributed by atoms with Crippen LogP contribution in [0.4, 0.5) is 14.6 Å². The molecule has 11 heteroatoms. The number of nitrogen functional groups attached to an aromatic ring is 1. The van der Waals surface area contributed by atoms with Crippen LogP contribution in [0, 0.1) is 11.6 Å². The van der Waals surface area contributed by atoms with Gasteiger partial charge in [-0.15, -0.1) is 5.10 Å². The van der Waals surface area contributed by atoms with Crippen molar-refractivity contribution in [2.75, 3.05) is 5.73 Å². The first-order valence-corrected chi connectivity index (χ1v) is 10.9. The number of pyridine rings is 1. The SMILES string of the molecule is Nc1ncc(-c2cnn([C@@H]3C[C@H]4CC[C@@H](C3)N4)c2)cc1-c1nnnn1-c1cccc(F)c1F. The third-order valence-corrected chi connectivity index (χ3v) is 6.55. The molecule has 0 amide bonds. The molecule has 2 saturated heterocycles. The first-order chi connectivity index (χ1) is 16.1. The predicted molar refractivity (Wildman–Crippen MR) is 116 cm³/mol. The predicted octanol–water partition coefficient (Wildman–Crippen LogP) is 2.90. The second-order valence-electron chi connectivity index (χ2n) is 8.62. The van der Waals surface area contributed by atoms with Crippen LogP contribution in [0.25, 0.3) is 28.2 Å². The number of halogens is 2. The van der Waals surface area contributed by atoms with Crippen molar-refractivity contribution < 1.29 is 8.78 Å². The molecule has 0 saturated carbocycles. The topological polar surface area (TPSA) is 112 Å². The van der Waals surface area contributed by atoms with Crippen LogP contribution in [0.15, 0.2) is 42.9 Å². The maximum Gasteiger partial charge on any atom is 0.190 e. The summed E-state index contributed by atoms with van der Waals surface area (Å²) in [6.07, 6.45) is 10.1. The third kappa shape index (κ3) is 3.44. The fourth-order valence-corrected chi connectivity index (χ4v) is 4.92. The molecule has 168 valence electrons. The smallest absolute Gasteiger partial charge is 0.190 e. The average Bonchev–Trinajstić information content (AvgIpc) is 3.56. The summed E-state index contributed by atoms with van der Waals surface area (Å²) in [5.41, 5.74) is 8.07. The van der Waals surface area contributed by atoms with Gasteiger partial charge in [0.25, 0.3) is 0 Å². The van der Waals surface area contributed by atoms with Crippen molar-refractivity contribution in [1.82, 2.24) is 40.3 Å². The molecule has 2 bridgehead atoms. The van der Waals surface area contributed by atoms with Crippen LogP contribution in [0.2, 0.25) is 0 Å². The van der Waals surface area contributed by atoms with Crippen molar-refractivity contribution in [2.24, 2.45) is 0 Å². The van der Waals surface area contributed by atoms with E-state index in [9.17, 15) is 8.78 Å². The average molecular weight is 449 g/mol. The lowest BCUT2D eigenvalue weighted by molar-refractivity contribution is 0.281. The molecule has 2 aliphatic rings. The molecule has 0 spiro atoms. The van der Waals surface area contributed by atoms with Crippen LogP contribution in [-0.4, -0.2) is 47.1 Å². The Balaban J connectivity index is 1.35. The quantitative estimate of drug-likeness (QED) is 0.493. The van der Waals surface area contributed by atoms with Crippen LogP contribution in [-0.2, 0) is 0 Å². The number of nitrogens with two attached hydrogens (primary N) is 1. The highest BCUT2D eigenvalue weighted by Crippen LogP contribution is 2.35. The van der Waals surface area contributed by atoms with Crippen molar-refractivity contribution in [1.29, 1.82) is 0 Å². The van der Waals surface area contributed by atoms with Gasteiger partial charge < -0.3 is 11.1 Å². The van der Waals surface area contributed by atoms with E-state index in [1.165, 1.54) is 25.0 Å². The monoisotopic (exact) mass is 449 g/mol. The van der Waals surface area contributed by atoms with Gasteiger partial charge in [-0.2, -0.15) is 9.78 Å². The lowest BCUT2D eigenvalue weighted by atomic mass is 10.00. The summed E-state index contributed by atoms with van der Waals surface area (Å²) >= 11 is 0. The number of aromatic nitrogens is 7. The standard InChI is InChI=1S/C22H21F2N9/c23-18-2-1-3-19(20(18)24)33-22(29-30-31-33)17-6-12(9-26-21(17)25)13-10-27-32(11-13)16-7-14-4-5-15(8-16)28-14/h1-3,6,9-11,14-16,28H,4-5,7-8H2,(H2,25,26)/t14-,15+,16-. The maximum atomic E-state index is 14.4. The third-order valence-electron chi connectivity index (χ3n) is 6.55. The Morgan fingerprint density at radius 3 is 2.70 bits per heavy atom. The van der Waals surface area contributed by atoms with Crippen LogP contribution >= 0.6 is 0 Å². The Hall–Kier alpha value is -3.73. The second kappa shape index (κ2) is 7.69. The molecule has 6 rings (SSSR count). The highest BCUT2D eigenvalue weighted by Gasteiger charge is 2.34. The molecule has 5 heterocycles. The largest absolute Gasteiger partial charge is 0.383 e. The van der Waals surface area contributed by atoms with E-state index in [0.29, 0.717) is 23.7 Å². The van der Waals surface area contributed by atoms with Crippen molar-refractivity contribution >= 4 is 5.82 Å². The molecule has 9 nitrogen and oxygen atoms in total. The lowest BCUT2D eigenvalue weighted by Gasteiger charge is -2.29. The van der Waals surface area contributed by atoms with Gasteiger partial charge in [0.2, 0.25) is 0 Å². The molecular formula is C22H21F2N9. The van der Waals surface area contributed by atoms with E-state index < -0.39 is 11.6 Å². The number of nitrogens with one attached hydrogen (secondary N) is 1. The van der Waals surface area contributed by atoms with Crippen LogP contribution in [0.3, 0.4) is 0 Å². The number of anilines is 1. The number of fused-ring (bicyclic) bond motifs is 2. The Labute approximate surface area is 187 Å². The zero-order valence-corrected chi connectivity index (χ0v) is 17.6. The van der Waals surface area contributed by atoms with Crippen molar-refractivity contribution in [2.45, 2.75) is 43.8 Å². The van der Waals surface area contributed by atoms with Gasteiger partial charge in [0.05, 0.1) is 17.8 Å². The molecule has 3 aromatic heterocycles. The summed E-state index contributed by atoms with van der Waals surface area (Å²) in [4.78, 5) is 4.30. The summed E-state index contributed by atoms with van der Waals surface area (Å²) < 4.78 is 31.3. The molecule has 2 fully saturated rings. The fourth-order valence-electron chi connectivity index (χ4n) is 4.92. The van der Waals surface area contributed by atoms with E-state index in [4.69, 9.17) is 5.73 Å². The van der Waals surface area contributed by atoms with E-state index in [1.54, 1.807) is 18.5 Å². The maximum absolute atomic E-state index is 14.4. The Morgan fingerprint density at radius 2 is 1.88 bits per heavy atom. The van der Waals surface area contributed by atoms with Gasteiger partial charge in [-0.1, -0.05) is 6.07 Å². The normalized spacial score (nSPS) is 22.1. The molecule has 3 N–H and O–H groups in total. The van der Waals surface area contributed by atoms with Gasteiger partial charge in [0, 0.05) is 35.6 Å². The summed E-state index contributed by atoms with van der Waals surface area (Å²) in [5.74, 6) is -1.71. The fraction of sp³-hybridized carbons (Fsp3) is 0.318. The molecule has 1 aromatic carbocycles. The Morgan fingerprint density at radius 1 is 1.06 bits per heavy atom. The van der Waals surface area contributed by atoms with Crippen molar-refractivity contribution in [3.63, 3.8) is 0 Å². The minimum absolute atomic E-state index is 0.117. The molecule has 4 aromatic rings. The minimum Gasteiger partial charge on any atom is -0.383 e. The van der Waals surface area contributed by atoms with E-state index in [1.807, 2.05) is 10.9 Å². The van der Waals surface area contributed by atoms with E-state index >= 15 is 0 Å². The van der Waals surface area contributed by atoms with Crippen LogP contribution in [0.1, 0.15) is 31.7 Å². The number of hydrogen-bond donors (Lipinski definition) is 2. The van der Waals surface area contributed by atoms with Gasteiger partial charge in [-0.05, 0) is 54.3 Å². The molecule has 2 aliphatic heterocycles. The molecule has 0 radical (unpaired) electrons. The van der Waals surface area contributed by atoms with Gasteiger partial charge in [0.1, 0.15) is 11.5 Å². The summed E-state index contributed by atoms with van der Waals surface area (Å²) in [6.45, 7) is 0. The molecule has 3 atom stereocenters. The number of piperidine rings is 1. The van der Waals surface area contributed by atoms with Crippen LogP contribution < -0.4 is 11.1 Å². The highest BCUT2D eigenvalue weighted by molar-refractivity contribution is 5.76. The Bertz CT molecular complexity index is 1320. The van der Waals surface area contributed by atoms with E-state index in [2.05, 4.69) is 30.9 Å². The van der Waals surface area contributed by atoms with Crippen molar-refractivity contribution in [3.8, 4) is 28.2 Å². The molecule has 0 unspecified atom stereocenters. The summed E-state index contributed by atoms with van der Waals surface area (Å²) in [7, 11) is 0. The van der Waals surface area contributed by atoms with Crippen molar-refractivity contribution in [3.05, 3.63) is 54.5 Å². The number of benzene rings is 1. The highest BCUT2D eigenvalue weighted by atomic mass is 19.2. The zero-order chi connectivity index (χ0) is 22.5. The van der Waals surface area contributed by atoms with E-state index in [0.717, 1.165) is 34.7 Å². The first-order valence-electron chi connectivity index (χ1n) is 10.9. The molecular weight excluding hydrogens is 428 g/mol. The zero-order valence-electron chi connectivity index (χ0n) is 17.6. The van der Waals surface area contributed by atoms with Gasteiger partial charge >= 0.3 is 0 Å². The summed E-state index contributed by atoms with van der Waals surface area (Å²) in [5, 5.41) is 19.7. The minimum atomic E-state index is -1.05. The number of nitrogens with zero attached hydrogens (tertiary/aromatic N) is 7. The molecule has 0 aliphatic carbocycles. The number of tetrazole rings is 1. The van der Waals surface area contributed by atoms with Crippen LogP contribution in [0.5, 0.6) is 0 Å². The summed E-state index contributed by atoms with van der Waals surface area (Å²) in [6, 6.07) is 7.09. The number of rotatable bonds is 4. The van der Waals surface area contributed by atoms with Gasteiger partial charge in [-0.3, -0.25) is 4.68 Å². The van der Waals surface area contributed by atoms with E-state index in [-0.39, 0.29) is 17.3 Å².